The van der Waals surface area contributed by atoms with Crippen LogP contribution in [0.2, 0.25) is 0 Å². The van der Waals surface area contributed by atoms with Gasteiger partial charge in [0.1, 0.15) is 17.7 Å². The molecule has 2 saturated heterocycles. The maximum atomic E-state index is 13.7. The van der Waals surface area contributed by atoms with Crippen molar-refractivity contribution in [2.45, 2.75) is 67.5 Å². The second-order valence-electron chi connectivity index (χ2n) is 12.3. The molecular formula is C34H38FN3O7S. The highest BCUT2D eigenvalue weighted by atomic mass is 32.2. The maximum absolute atomic E-state index is 13.7. The monoisotopic (exact) mass is 651 g/mol. The molecule has 0 saturated carbocycles. The van der Waals surface area contributed by atoms with Crippen LogP contribution in [0.25, 0.3) is 11.1 Å². The Labute approximate surface area is 267 Å². The van der Waals surface area contributed by atoms with Crippen molar-refractivity contribution in [2.75, 3.05) is 26.0 Å². The molecule has 0 radical (unpaired) electrons. The van der Waals surface area contributed by atoms with Crippen molar-refractivity contribution in [3.63, 3.8) is 0 Å². The third-order valence-electron chi connectivity index (χ3n) is 8.94. The van der Waals surface area contributed by atoms with E-state index in [4.69, 9.17) is 9.47 Å². The minimum atomic E-state index is -3.35. The third-order valence-corrected chi connectivity index (χ3v) is 10.1. The Balaban J connectivity index is 1.29. The van der Waals surface area contributed by atoms with Gasteiger partial charge in [-0.15, -0.1) is 0 Å². The van der Waals surface area contributed by atoms with Crippen LogP contribution in [0.15, 0.2) is 71.6 Å². The van der Waals surface area contributed by atoms with E-state index in [-0.39, 0.29) is 47.8 Å². The van der Waals surface area contributed by atoms with Gasteiger partial charge in [-0.1, -0.05) is 30.3 Å². The first kappa shape index (κ1) is 32.1. The lowest BCUT2D eigenvalue weighted by molar-refractivity contribution is -0.133. The van der Waals surface area contributed by atoms with Crippen molar-refractivity contribution < 1.29 is 37.0 Å². The number of fused-ring (bicyclic) bond motifs is 5. The molecule has 4 bridgehead atoms. The van der Waals surface area contributed by atoms with E-state index in [1.54, 1.807) is 54.6 Å². The lowest BCUT2D eigenvalue weighted by Gasteiger charge is -2.34. The molecule has 0 aromatic heterocycles. The SMILES string of the molecule is CS(=O)(=O)c1ccc(-c2ccc3c(c2)OCC[C@@H]2CC[C@H](O)[C@@H](CNC(=O)[C@@H]4C[C@@H](CN4Cc4ccc(F)cc4)NC3=O)O2)cc1. The van der Waals surface area contributed by atoms with Gasteiger partial charge in [-0.05, 0) is 72.4 Å². The number of rotatable bonds is 4. The first-order valence-corrected chi connectivity index (χ1v) is 17.4. The minimum absolute atomic E-state index is 0.152. The number of nitrogens with one attached hydrogen (secondary N) is 2. The van der Waals surface area contributed by atoms with Gasteiger partial charge in [-0.3, -0.25) is 14.5 Å². The summed E-state index contributed by atoms with van der Waals surface area (Å²) < 4.78 is 49.8. The molecule has 2 amide bonds. The molecule has 46 heavy (non-hydrogen) atoms. The van der Waals surface area contributed by atoms with E-state index in [0.717, 1.165) is 22.9 Å². The quantitative estimate of drug-likeness (QED) is 0.392. The van der Waals surface area contributed by atoms with Gasteiger partial charge in [0.15, 0.2) is 9.84 Å². The van der Waals surface area contributed by atoms with Gasteiger partial charge in [0.2, 0.25) is 5.91 Å². The smallest absolute Gasteiger partial charge is 0.255 e. The highest BCUT2D eigenvalue weighted by Crippen LogP contribution is 2.31. The summed E-state index contributed by atoms with van der Waals surface area (Å²) in [7, 11) is -3.35. The van der Waals surface area contributed by atoms with Gasteiger partial charge in [-0.2, -0.15) is 0 Å². The molecule has 0 unspecified atom stereocenters. The zero-order valence-electron chi connectivity index (χ0n) is 25.5. The average molecular weight is 652 g/mol. The molecule has 244 valence electrons. The fourth-order valence-electron chi connectivity index (χ4n) is 6.41. The Morgan fingerprint density at radius 3 is 2.46 bits per heavy atom. The lowest BCUT2D eigenvalue weighted by Crippen LogP contribution is -2.50. The number of ether oxygens (including phenoxy) is 2. The van der Waals surface area contributed by atoms with E-state index in [2.05, 4.69) is 10.6 Å². The van der Waals surface area contributed by atoms with Crippen molar-refractivity contribution in [2.24, 2.45) is 0 Å². The molecule has 3 aromatic rings. The van der Waals surface area contributed by atoms with Crippen LogP contribution in [0.3, 0.4) is 0 Å². The number of carbonyl (C=O) groups is 2. The van der Waals surface area contributed by atoms with Crippen molar-refractivity contribution in [3.8, 4) is 16.9 Å². The largest absolute Gasteiger partial charge is 0.493 e. The Kier molecular flexibility index (Phi) is 9.42. The number of amides is 2. The lowest BCUT2D eigenvalue weighted by atomic mass is 9.99. The standard InChI is InChI=1S/C34H38FN3O7S/c1-46(42,43)27-10-4-22(5-11-27)23-6-12-28-31(16-23)44-15-14-26-9-13-30(39)32(45-26)18-36-34(41)29-17-25(37-33(28)40)20-38(29)19-21-2-7-24(35)8-3-21/h2-8,10-12,16,25-26,29-30,32,39H,9,13-15,17-20H2,1H3,(H,36,41)(H,37,40)/t25-,26-,29-,30-,32+/m0/s1. The molecule has 10 nitrogen and oxygen atoms in total. The number of aliphatic hydroxyl groups excluding tert-OH is 1. The zero-order chi connectivity index (χ0) is 32.4. The Hall–Kier alpha value is -3.84. The van der Waals surface area contributed by atoms with Crippen molar-refractivity contribution in [3.05, 3.63) is 83.7 Å². The summed E-state index contributed by atoms with van der Waals surface area (Å²) in [5, 5.41) is 16.7. The van der Waals surface area contributed by atoms with Crippen molar-refractivity contribution in [1.82, 2.24) is 15.5 Å². The number of hydrogen-bond acceptors (Lipinski definition) is 8. The molecule has 12 heteroatoms. The van der Waals surface area contributed by atoms with Gasteiger partial charge in [0.25, 0.3) is 5.91 Å². The van der Waals surface area contributed by atoms with E-state index in [9.17, 15) is 27.5 Å². The minimum Gasteiger partial charge on any atom is -0.493 e. The summed E-state index contributed by atoms with van der Waals surface area (Å²) >= 11 is 0. The number of halogens is 1. The Bertz CT molecular complexity index is 1680. The number of likely N-dealkylation sites (tertiary alicyclic amines) is 1. The number of sulfone groups is 1. The van der Waals surface area contributed by atoms with E-state index in [1.807, 2.05) is 4.90 Å². The summed E-state index contributed by atoms with van der Waals surface area (Å²) in [6.07, 6.45) is 1.72. The zero-order valence-corrected chi connectivity index (χ0v) is 26.3. The molecule has 6 rings (SSSR count). The van der Waals surface area contributed by atoms with Crippen LogP contribution in [0, 0.1) is 5.82 Å². The van der Waals surface area contributed by atoms with Gasteiger partial charge in [-0.25, -0.2) is 12.8 Å². The molecule has 0 spiro atoms. The number of nitrogens with zero attached hydrogens (tertiary/aromatic N) is 1. The summed E-state index contributed by atoms with van der Waals surface area (Å²) in [6.45, 7) is 1.19. The van der Waals surface area contributed by atoms with E-state index in [0.29, 0.717) is 50.1 Å². The number of carbonyl (C=O) groups excluding carboxylic acids is 2. The molecule has 0 aliphatic carbocycles. The molecule has 3 N–H and O–H groups in total. The summed E-state index contributed by atoms with van der Waals surface area (Å²) in [6, 6.07) is 17.0. The Morgan fingerprint density at radius 2 is 1.72 bits per heavy atom. The van der Waals surface area contributed by atoms with Crippen LogP contribution in [-0.4, -0.2) is 86.6 Å². The summed E-state index contributed by atoms with van der Waals surface area (Å²) in [4.78, 5) is 29.4. The van der Waals surface area contributed by atoms with Crippen LogP contribution in [-0.2, 0) is 25.9 Å². The fraction of sp³-hybridized carbons (Fsp3) is 0.412. The fourth-order valence-corrected chi connectivity index (χ4v) is 7.04. The summed E-state index contributed by atoms with van der Waals surface area (Å²) in [5.74, 6) is -0.538. The Morgan fingerprint density at radius 1 is 0.978 bits per heavy atom. The van der Waals surface area contributed by atoms with Crippen LogP contribution >= 0.6 is 0 Å². The predicted molar refractivity (Wildman–Crippen MR) is 168 cm³/mol. The topological polar surface area (TPSA) is 134 Å². The highest BCUT2D eigenvalue weighted by Gasteiger charge is 2.39. The van der Waals surface area contributed by atoms with Crippen LogP contribution in [0.4, 0.5) is 4.39 Å². The van der Waals surface area contributed by atoms with Gasteiger partial charge in [0.05, 0.1) is 35.3 Å². The number of hydrogen-bond donors (Lipinski definition) is 3. The van der Waals surface area contributed by atoms with E-state index < -0.39 is 28.1 Å². The number of benzene rings is 3. The van der Waals surface area contributed by atoms with Crippen LogP contribution < -0.4 is 15.4 Å². The molecule has 3 aliphatic rings. The van der Waals surface area contributed by atoms with Crippen LogP contribution in [0.1, 0.15) is 41.6 Å². The highest BCUT2D eigenvalue weighted by molar-refractivity contribution is 7.90. The predicted octanol–water partition coefficient (Wildman–Crippen LogP) is 3.08. The second kappa shape index (κ2) is 13.5. The molecule has 3 aromatic carbocycles. The summed E-state index contributed by atoms with van der Waals surface area (Å²) in [5.41, 5.74) is 2.68. The molecule has 3 aliphatic heterocycles. The molecule has 2 fully saturated rings. The van der Waals surface area contributed by atoms with E-state index >= 15 is 0 Å². The van der Waals surface area contributed by atoms with Gasteiger partial charge in [0, 0.05) is 38.4 Å². The van der Waals surface area contributed by atoms with Crippen molar-refractivity contribution >= 4 is 21.7 Å². The molecule has 3 heterocycles. The van der Waals surface area contributed by atoms with Gasteiger partial charge >= 0.3 is 0 Å². The third kappa shape index (κ3) is 7.41. The van der Waals surface area contributed by atoms with E-state index in [1.165, 1.54) is 12.1 Å². The normalized spacial score (nSPS) is 26.0. The first-order valence-electron chi connectivity index (χ1n) is 15.5. The van der Waals surface area contributed by atoms with Crippen LogP contribution in [0.5, 0.6) is 5.75 Å². The molecule has 5 atom stereocenters. The second-order valence-corrected chi connectivity index (χ2v) is 14.3. The van der Waals surface area contributed by atoms with Crippen molar-refractivity contribution in [1.29, 1.82) is 0 Å². The maximum Gasteiger partial charge on any atom is 0.255 e. The van der Waals surface area contributed by atoms with Gasteiger partial charge < -0.3 is 25.2 Å². The average Bonchev–Trinajstić information content (AvgIpc) is 3.43. The first-order chi connectivity index (χ1) is 22.0. The molecular weight excluding hydrogens is 613 g/mol. The number of aliphatic hydroxyl groups is 1.